The number of carbonyl (C=O) groups excluding carboxylic acids is 2. The lowest BCUT2D eigenvalue weighted by molar-refractivity contribution is -0.123. The maximum atomic E-state index is 12.3. The third kappa shape index (κ3) is 5.02. The second kappa shape index (κ2) is 9.04. The zero-order valence-corrected chi connectivity index (χ0v) is 16.6. The van der Waals surface area contributed by atoms with Crippen molar-refractivity contribution in [3.05, 3.63) is 84.7 Å². The van der Waals surface area contributed by atoms with Crippen LogP contribution in [0.15, 0.2) is 79.1 Å². The van der Waals surface area contributed by atoms with Gasteiger partial charge in [-0.1, -0.05) is 54.6 Å². The Kier molecular flexibility index (Phi) is 5.84. The molecule has 0 saturated carbocycles. The monoisotopic (exact) mass is 412 g/mol. The van der Waals surface area contributed by atoms with Crippen molar-refractivity contribution in [3.8, 4) is 17.1 Å². The van der Waals surface area contributed by atoms with Gasteiger partial charge in [0, 0.05) is 5.56 Å². The molecule has 7 heteroatoms. The van der Waals surface area contributed by atoms with Gasteiger partial charge in [-0.2, -0.15) is 0 Å². The summed E-state index contributed by atoms with van der Waals surface area (Å²) < 4.78 is 0. The number of hydrogen-bond acceptors (Lipinski definition) is 5. The largest absolute Gasteiger partial charge is 0.508 e. The summed E-state index contributed by atoms with van der Waals surface area (Å²) in [7, 11) is 0. The Bertz CT molecular complexity index is 1230. The van der Waals surface area contributed by atoms with Crippen LogP contribution in [0.1, 0.15) is 5.56 Å². The van der Waals surface area contributed by atoms with Crippen molar-refractivity contribution < 1.29 is 14.7 Å². The van der Waals surface area contributed by atoms with Crippen molar-refractivity contribution >= 4 is 28.3 Å². The fourth-order valence-electron chi connectivity index (χ4n) is 3.25. The molecule has 31 heavy (non-hydrogen) atoms. The van der Waals surface area contributed by atoms with Gasteiger partial charge < -0.3 is 15.7 Å². The normalized spacial score (nSPS) is 10.6. The Morgan fingerprint density at radius 1 is 0.871 bits per heavy atom. The quantitative estimate of drug-likeness (QED) is 0.451. The lowest BCUT2D eigenvalue weighted by Crippen LogP contribution is -2.33. The van der Waals surface area contributed by atoms with E-state index in [1.54, 1.807) is 24.3 Å². The summed E-state index contributed by atoms with van der Waals surface area (Å²) in [5.41, 5.74) is 1.99. The average Bonchev–Trinajstić information content (AvgIpc) is 2.78. The highest BCUT2D eigenvalue weighted by atomic mass is 16.3. The number of amides is 2. The number of rotatable bonds is 6. The van der Waals surface area contributed by atoms with Crippen molar-refractivity contribution in [3.63, 3.8) is 0 Å². The van der Waals surface area contributed by atoms with E-state index in [9.17, 15) is 14.7 Å². The van der Waals surface area contributed by atoms with E-state index in [1.165, 1.54) is 12.4 Å². The van der Waals surface area contributed by atoms with Crippen molar-refractivity contribution in [2.24, 2.45) is 0 Å². The zero-order valence-electron chi connectivity index (χ0n) is 16.6. The molecule has 3 N–H and O–H groups in total. The van der Waals surface area contributed by atoms with Crippen LogP contribution in [0.2, 0.25) is 0 Å². The Morgan fingerprint density at radius 2 is 1.61 bits per heavy atom. The van der Waals surface area contributed by atoms with E-state index >= 15 is 0 Å². The summed E-state index contributed by atoms with van der Waals surface area (Å²) in [6.07, 6.45) is 3.14. The van der Waals surface area contributed by atoms with Crippen molar-refractivity contribution in [2.75, 3.05) is 11.9 Å². The molecule has 0 atom stereocenters. The molecule has 0 aliphatic heterocycles. The van der Waals surface area contributed by atoms with Gasteiger partial charge >= 0.3 is 0 Å². The first-order chi connectivity index (χ1) is 15.1. The second-order valence-electron chi connectivity index (χ2n) is 6.99. The fraction of sp³-hybridized carbons (Fsp3) is 0.0833. The lowest BCUT2D eigenvalue weighted by atomic mass is 10.0. The maximum absolute atomic E-state index is 12.3. The van der Waals surface area contributed by atoms with E-state index < -0.39 is 0 Å². The van der Waals surface area contributed by atoms with Crippen LogP contribution in [-0.2, 0) is 16.0 Å². The SMILES string of the molecule is O=C(Cc1cccc2ccccc12)NCC(=O)Nc1cnc(-c2cccc(O)c2)nc1. The number of phenolic OH excluding ortho intramolecular Hbond substituents is 1. The first kappa shape index (κ1) is 20.0. The van der Waals surface area contributed by atoms with Crippen LogP contribution >= 0.6 is 0 Å². The molecule has 154 valence electrons. The van der Waals surface area contributed by atoms with Crippen molar-refractivity contribution in [1.82, 2.24) is 15.3 Å². The first-order valence-electron chi connectivity index (χ1n) is 9.73. The van der Waals surface area contributed by atoms with E-state index in [2.05, 4.69) is 20.6 Å². The molecule has 1 heterocycles. The molecule has 0 fully saturated rings. The molecule has 0 spiro atoms. The van der Waals surface area contributed by atoms with Gasteiger partial charge in [0.1, 0.15) is 5.75 Å². The number of phenols is 1. The molecule has 0 aliphatic rings. The van der Waals surface area contributed by atoms with E-state index in [4.69, 9.17) is 0 Å². The molecule has 4 aromatic rings. The Labute approximate surface area is 178 Å². The van der Waals surface area contributed by atoms with Gasteiger partial charge in [-0.15, -0.1) is 0 Å². The molecule has 0 radical (unpaired) electrons. The summed E-state index contributed by atoms with van der Waals surface area (Å²) >= 11 is 0. The minimum Gasteiger partial charge on any atom is -0.508 e. The fourth-order valence-corrected chi connectivity index (χ4v) is 3.25. The summed E-state index contributed by atoms with van der Waals surface area (Å²) in [5.74, 6) is -0.0584. The van der Waals surface area contributed by atoms with Crippen LogP contribution in [0.5, 0.6) is 5.75 Å². The van der Waals surface area contributed by atoms with E-state index in [-0.39, 0.29) is 30.5 Å². The number of nitrogens with zero attached hydrogens (tertiary/aromatic N) is 2. The van der Waals surface area contributed by atoms with Crippen LogP contribution in [0, 0.1) is 0 Å². The number of hydrogen-bond donors (Lipinski definition) is 3. The predicted molar refractivity (Wildman–Crippen MR) is 118 cm³/mol. The second-order valence-corrected chi connectivity index (χ2v) is 6.99. The van der Waals surface area contributed by atoms with Gasteiger partial charge in [0.05, 0.1) is 31.0 Å². The smallest absolute Gasteiger partial charge is 0.243 e. The molecule has 1 aromatic heterocycles. The van der Waals surface area contributed by atoms with Gasteiger partial charge in [-0.25, -0.2) is 9.97 Å². The van der Waals surface area contributed by atoms with Crippen molar-refractivity contribution in [2.45, 2.75) is 6.42 Å². The molecule has 0 bridgehead atoms. The lowest BCUT2D eigenvalue weighted by Gasteiger charge is -2.09. The highest BCUT2D eigenvalue weighted by molar-refractivity contribution is 5.95. The standard InChI is InChI=1S/C24H20N4O3/c29-20-9-4-8-18(11-20)24-26-13-19(14-27-24)28-23(31)15-25-22(30)12-17-7-3-6-16-5-1-2-10-21(16)17/h1-11,13-14,29H,12,15H2,(H,25,30)(H,28,31). The van der Waals surface area contributed by atoms with E-state index in [1.807, 2.05) is 42.5 Å². The van der Waals surface area contributed by atoms with Crippen LogP contribution in [0.25, 0.3) is 22.2 Å². The molecular weight excluding hydrogens is 392 g/mol. The topological polar surface area (TPSA) is 104 Å². The number of nitrogens with one attached hydrogen (secondary N) is 2. The van der Waals surface area contributed by atoms with Gasteiger partial charge in [0.25, 0.3) is 0 Å². The van der Waals surface area contributed by atoms with Crippen LogP contribution in [0.4, 0.5) is 5.69 Å². The van der Waals surface area contributed by atoms with Gasteiger partial charge in [0.15, 0.2) is 5.82 Å². The summed E-state index contributed by atoms with van der Waals surface area (Å²) in [6, 6.07) is 20.3. The minimum absolute atomic E-state index is 0.123. The minimum atomic E-state index is -0.375. The highest BCUT2D eigenvalue weighted by Gasteiger charge is 2.10. The van der Waals surface area contributed by atoms with Gasteiger partial charge in [0.2, 0.25) is 11.8 Å². The molecule has 0 saturated heterocycles. The number of carbonyl (C=O) groups is 2. The molecule has 2 amide bonds. The third-order valence-electron chi connectivity index (χ3n) is 4.72. The van der Waals surface area contributed by atoms with Crippen molar-refractivity contribution in [1.29, 1.82) is 0 Å². The maximum Gasteiger partial charge on any atom is 0.243 e. The zero-order chi connectivity index (χ0) is 21.6. The molecule has 0 unspecified atom stereocenters. The number of aromatic nitrogens is 2. The first-order valence-corrected chi connectivity index (χ1v) is 9.73. The average molecular weight is 412 g/mol. The molecular formula is C24H20N4O3. The highest BCUT2D eigenvalue weighted by Crippen LogP contribution is 2.20. The third-order valence-corrected chi connectivity index (χ3v) is 4.72. The number of fused-ring (bicyclic) bond motifs is 1. The predicted octanol–water partition coefficient (Wildman–Crippen LogP) is 3.30. The van der Waals surface area contributed by atoms with E-state index in [0.29, 0.717) is 17.1 Å². The summed E-state index contributed by atoms with van der Waals surface area (Å²) in [4.78, 5) is 32.9. The molecule has 3 aromatic carbocycles. The van der Waals surface area contributed by atoms with Crippen LogP contribution < -0.4 is 10.6 Å². The Morgan fingerprint density at radius 3 is 2.42 bits per heavy atom. The van der Waals surface area contributed by atoms with E-state index in [0.717, 1.165) is 16.3 Å². The number of aromatic hydroxyl groups is 1. The molecule has 0 aliphatic carbocycles. The molecule has 4 rings (SSSR count). The van der Waals surface area contributed by atoms with Gasteiger partial charge in [-0.05, 0) is 28.5 Å². The summed E-state index contributed by atoms with van der Waals surface area (Å²) in [6.45, 7) is -0.155. The number of anilines is 1. The van der Waals surface area contributed by atoms with Gasteiger partial charge in [-0.3, -0.25) is 9.59 Å². The summed E-state index contributed by atoms with van der Waals surface area (Å²) in [5, 5.41) is 16.9. The Hall–Kier alpha value is -4.26. The molecule has 7 nitrogen and oxygen atoms in total. The van der Waals surface area contributed by atoms with Crippen LogP contribution in [-0.4, -0.2) is 33.4 Å². The van der Waals surface area contributed by atoms with Crippen LogP contribution in [0.3, 0.4) is 0 Å². The number of benzene rings is 3. The Balaban J connectivity index is 1.31.